The van der Waals surface area contributed by atoms with Crippen molar-refractivity contribution in [3.05, 3.63) is 40.7 Å². The minimum absolute atomic E-state index is 0.0331. The van der Waals surface area contributed by atoms with Gasteiger partial charge in [0, 0.05) is 40.7 Å². The molecule has 2 aromatic heterocycles. The van der Waals surface area contributed by atoms with Gasteiger partial charge >= 0.3 is 0 Å². The highest BCUT2D eigenvalue weighted by molar-refractivity contribution is 7.15. The van der Waals surface area contributed by atoms with Crippen molar-refractivity contribution in [2.24, 2.45) is 23.2 Å². The van der Waals surface area contributed by atoms with E-state index in [-0.39, 0.29) is 40.9 Å². The quantitative estimate of drug-likeness (QED) is 0.620. The highest BCUT2D eigenvalue weighted by atomic mass is 32.1. The average molecular weight is 469 g/mol. The number of aliphatic hydroxyl groups excluding tert-OH is 1. The number of thiazole rings is 1. The lowest BCUT2D eigenvalue weighted by Gasteiger charge is -2.53. The first kappa shape index (κ1) is 22.5. The summed E-state index contributed by atoms with van der Waals surface area (Å²) in [7, 11) is 0. The maximum absolute atomic E-state index is 12.7. The van der Waals surface area contributed by atoms with Crippen LogP contribution in [0.4, 0.5) is 5.13 Å². The Morgan fingerprint density at radius 1 is 1.24 bits per heavy atom. The predicted octanol–water partition coefficient (Wildman–Crippen LogP) is 3.76. The molecule has 0 bridgehead atoms. The van der Waals surface area contributed by atoms with Crippen LogP contribution in [0.15, 0.2) is 24.5 Å². The Balaban J connectivity index is 1.35. The Morgan fingerprint density at radius 2 is 1.97 bits per heavy atom. The maximum Gasteiger partial charge on any atom is 0.257 e. The number of hydrogen-bond donors (Lipinski definition) is 3. The largest absolute Gasteiger partial charge is 0.392 e. The molecule has 0 aromatic carbocycles. The molecule has 33 heavy (non-hydrogen) atoms. The molecule has 2 aromatic rings. The van der Waals surface area contributed by atoms with Gasteiger partial charge in [-0.3, -0.25) is 19.9 Å². The molecule has 3 aliphatic carbocycles. The number of rotatable bonds is 5. The molecular weight excluding hydrogens is 436 g/mol. The lowest BCUT2D eigenvalue weighted by atomic mass is 9.53. The summed E-state index contributed by atoms with van der Waals surface area (Å²) in [6.45, 7) is 6.36. The van der Waals surface area contributed by atoms with Gasteiger partial charge in [0.25, 0.3) is 5.91 Å². The first-order chi connectivity index (χ1) is 15.8. The molecule has 2 saturated carbocycles. The van der Waals surface area contributed by atoms with E-state index >= 15 is 0 Å². The van der Waals surface area contributed by atoms with Gasteiger partial charge in [-0.2, -0.15) is 0 Å². The molecule has 5 rings (SSSR count). The van der Waals surface area contributed by atoms with Crippen molar-refractivity contribution in [2.75, 3.05) is 5.32 Å². The number of pyridine rings is 1. The van der Waals surface area contributed by atoms with Crippen LogP contribution >= 0.6 is 11.3 Å². The second-order valence-electron chi connectivity index (χ2n) is 10.4. The number of aromatic nitrogens is 2. The van der Waals surface area contributed by atoms with Gasteiger partial charge in [0.05, 0.1) is 11.8 Å². The molecule has 8 heteroatoms. The van der Waals surface area contributed by atoms with Crippen molar-refractivity contribution in [1.29, 1.82) is 0 Å². The third-order valence-electron chi connectivity index (χ3n) is 8.06. The third kappa shape index (κ3) is 4.19. The van der Waals surface area contributed by atoms with Gasteiger partial charge < -0.3 is 10.4 Å². The summed E-state index contributed by atoms with van der Waals surface area (Å²) < 4.78 is 0. The normalized spacial score (nSPS) is 31.8. The molecule has 0 aliphatic heterocycles. The summed E-state index contributed by atoms with van der Waals surface area (Å²) in [5.74, 6) is -0.289. The summed E-state index contributed by atoms with van der Waals surface area (Å²) in [6.07, 6.45) is 7.43. The van der Waals surface area contributed by atoms with Gasteiger partial charge in [-0.15, -0.1) is 11.3 Å². The first-order valence-electron chi connectivity index (χ1n) is 12.0. The van der Waals surface area contributed by atoms with E-state index in [0.717, 1.165) is 37.8 Å². The van der Waals surface area contributed by atoms with Gasteiger partial charge in [0.2, 0.25) is 5.91 Å². The summed E-state index contributed by atoms with van der Waals surface area (Å²) in [4.78, 5) is 35.2. The molecule has 2 heterocycles. The molecule has 2 amide bonds. The zero-order valence-electron chi connectivity index (χ0n) is 19.4. The van der Waals surface area contributed by atoms with Gasteiger partial charge in [0.15, 0.2) is 5.13 Å². The number of carbonyl (C=O) groups is 2. The number of amides is 2. The molecule has 176 valence electrons. The van der Waals surface area contributed by atoms with Crippen LogP contribution in [0.1, 0.15) is 73.3 Å². The number of carbonyl (C=O) groups excluding carboxylic acids is 2. The van der Waals surface area contributed by atoms with Crippen LogP contribution in [0.3, 0.4) is 0 Å². The molecular formula is C25H32N4O3S. The Morgan fingerprint density at radius 3 is 2.67 bits per heavy atom. The second kappa shape index (κ2) is 8.47. The van der Waals surface area contributed by atoms with Crippen molar-refractivity contribution >= 4 is 28.3 Å². The van der Waals surface area contributed by atoms with Gasteiger partial charge in [-0.25, -0.2) is 4.98 Å². The molecule has 0 radical (unpaired) electrons. The fourth-order valence-electron chi connectivity index (χ4n) is 6.03. The zero-order chi connectivity index (χ0) is 23.3. The number of hydrogen-bond acceptors (Lipinski definition) is 6. The third-order valence-corrected chi connectivity index (χ3v) is 9.05. The predicted molar refractivity (Wildman–Crippen MR) is 127 cm³/mol. The van der Waals surface area contributed by atoms with Gasteiger partial charge in [0.1, 0.15) is 0 Å². The highest BCUT2D eigenvalue weighted by Gasteiger charge is 2.54. The number of aliphatic hydroxyl groups is 1. The minimum Gasteiger partial charge on any atom is -0.392 e. The van der Waals surface area contributed by atoms with Gasteiger partial charge in [-0.1, -0.05) is 20.8 Å². The summed E-state index contributed by atoms with van der Waals surface area (Å²) in [5.41, 5.74) is 1.47. The molecule has 6 atom stereocenters. The van der Waals surface area contributed by atoms with Crippen molar-refractivity contribution in [1.82, 2.24) is 15.3 Å². The van der Waals surface area contributed by atoms with Crippen LogP contribution in [0.25, 0.3) is 0 Å². The van der Waals surface area contributed by atoms with Crippen molar-refractivity contribution < 1.29 is 14.7 Å². The van der Waals surface area contributed by atoms with E-state index in [1.165, 1.54) is 16.2 Å². The van der Waals surface area contributed by atoms with E-state index in [4.69, 9.17) is 4.98 Å². The summed E-state index contributed by atoms with van der Waals surface area (Å²) in [6, 6.07) is 3.69. The zero-order valence-corrected chi connectivity index (χ0v) is 20.2. The van der Waals surface area contributed by atoms with Crippen LogP contribution in [-0.2, 0) is 11.2 Å². The number of fused-ring (bicyclic) bond motifs is 2. The van der Waals surface area contributed by atoms with E-state index in [0.29, 0.717) is 16.7 Å². The van der Waals surface area contributed by atoms with E-state index in [1.54, 1.807) is 24.5 Å². The number of nitrogens with zero attached hydrogens (tertiary/aromatic N) is 2. The first-order valence-corrected chi connectivity index (χ1v) is 12.8. The van der Waals surface area contributed by atoms with E-state index in [9.17, 15) is 14.7 Å². The van der Waals surface area contributed by atoms with E-state index < -0.39 is 6.10 Å². The van der Waals surface area contributed by atoms with Crippen LogP contribution in [0.2, 0.25) is 0 Å². The van der Waals surface area contributed by atoms with Crippen molar-refractivity contribution in [3.8, 4) is 0 Å². The lowest BCUT2D eigenvalue weighted by Crippen LogP contribution is -2.53. The molecule has 0 unspecified atom stereocenters. The van der Waals surface area contributed by atoms with E-state index in [2.05, 4.69) is 29.5 Å². The molecule has 2 fully saturated rings. The van der Waals surface area contributed by atoms with Crippen molar-refractivity contribution in [3.63, 3.8) is 0 Å². The summed E-state index contributed by atoms with van der Waals surface area (Å²) in [5, 5.41) is 18.2. The second-order valence-corrected chi connectivity index (χ2v) is 11.5. The fourth-order valence-corrected chi connectivity index (χ4v) is 7.29. The topological polar surface area (TPSA) is 104 Å². The van der Waals surface area contributed by atoms with Crippen LogP contribution < -0.4 is 10.6 Å². The van der Waals surface area contributed by atoms with Gasteiger partial charge in [-0.05, 0) is 61.5 Å². The minimum atomic E-state index is -0.552. The van der Waals surface area contributed by atoms with E-state index in [1.807, 2.05) is 6.92 Å². The monoisotopic (exact) mass is 468 g/mol. The lowest BCUT2D eigenvalue weighted by molar-refractivity contribution is -0.134. The Kier molecular flexibility index (Phi) is 5.77. The standard InChI is InChI=1S/C25H32N4O3S/c1-13(22(31)27-16-4-5-16)17-6-9-25(3)12-18-20(14(2)19(25)21(17)30)28-24(33-18)29-23(32)15-7-10-26-11-8-15/h7-8,10-11,13-14,16-17,19,21,30H,4-6,9,12H2,1-3H3,(H,27,31)(H,28,29,32)/t13-,14-,17+,19+,21-,25-/m0/s1. The molecule has 7 nitrogen and oxygen atoms in total. The molecule has 3 aliphatic rings. The Labute approximate surface area is 198 Å². The molecule has 0 spiro atoms. The number of anilines is 1. The molecule has 0 saturated heterocycles. The van der Waals surface area contributed by atoms with Crippen LogP contribution in [0, 0.1) is 23.2 Å². The maximum atomic E-state index is 12.7. The summed E-state index contributed by atoms with van der Waals surface area (Å²) >= 11 is 1.54. The Bertz CT molecular complexity index is 1050. The smallest absolute Gasteiger partial charge is 0.257 e. The van der Waals surface area contributed by atoms with Crippen LogP contribution in [-0.4, -0.2) is 39.0 Å². The Hall–Kier alpha value is -2.32. The number of nitrogens with one attached hydrogen (secondary N) is 2. The molecule has 3 N–H and O–H groups in total. The van der Waals surface area contributed by atoms with Crippen molar-refractivity contribution in [2.45, 2.75) is 70.9 Å². The highest BCUT2D eigenvalue weighted by Crippen LogP contribution is 2.57. The fraction of sp³-hybridized carbons (Fsp3) is 0.600. The average Bonchev–Trinajstić information content (AvgIpc) is 3.51. The SMILES string of the molecule is C[C@H](C(=O)NC1CC1)[C@H]1CC[C@@]2(C)Cc3sc(NC(=O)c4ccncc4)nc3[C@@H](C)[C@@H]2[C@H]1O. The van der Waals surface area contributed by atoms with Crippen LogP contribution in [0.5, 0.6) is 0 Å².